The van der Waals surface area contributed by atoms with Crippen molar-refractivity contribution in [1.82, 2.24) is 25.2 Å². The molecule has 0 spiro atoms. The quantitative estimate of drug-likeness (QED) is 0.321. The van der Waals surface area contributed by atoms with Crippen LogP contribution in [0.15, 0.2) is 24.4 Å². The molecule has 2 aromatic carbocycles. The van der Waals surface area contributed by atoms with Crippen LogP contribution in [0.3, 0.4) is 0 Å². The molecule has 0 aliphatic carbocycles. The topological polar surface area (TPSA) is 69.3 Å². The molecule has 7 nitrogen and oxygen atoms in total. The lowest BCUT2D eigenvalue weighted by molar-refractivity contribution is 0.108. The Morgan fingerprint density at radius 1 is 0.927 bits per heavy atom. The van der Waals surface area contributed by atoms with E-state index < -0.39 is 28.8 Å². The van der Waals surface area contributed by atoms with E-state index in [1.165, 1.54) is 12.3 Å². The highest BCUT2D eigenvalue weighted by molar-refractivity contribution is 6.00. The monoisotopic (exact) mass is 566 g/mol. The zero-order valence-corrected chi connectivity index (χ0v) is 22.5. The number of aromatic nitrogens is 3. The predicted molar refractivity (Wildman–Crippen MR) is 147 cm³/mol. The van der Waals surface area contributed by atoms with Crippen molar-refractivity contribution in [3.8, 4) is 17.1 Å². The van der Waals surface area contributed by atoms with Gasteiger partial charge in [-0.1, -0.05) is 0 Å². The van der Waals surface area contributed by atoms with Crippen LogP contribution in [-0.4, -0.2) is 70.3 Å². The first-order valence-electron chi connectivity index (χ1n) is 14.4. The molecule has 2 atom stereocenters. The van der Waals surface area contributed by atoms with Crippen molar-refractivity contribution in [2.45, 2.75) is 56.1 Å². The van der Waals surface area contributed by atoms with Crippen molar-refractivity contribution in [2.24, 2.45) is 0 Å². The van der Waals surface area contributed by atoms with Crippen LogP contribution in [0.4, 0.5) is 23.4 Å². The number of anilines is 1. The summed E-state index contributed by atoms with van der Waals surface area (Å²) >= 11 is 0. The second-order valence-corrected chi connectivity index (χ2v) is 12.0. The number of fused-ring (bicyclic) bond motifs is 5. The normalized spacial score (nSPS) is 23.7. The highest BCUT2D eigenvalue weighted by atomic mass is 19.1. The van der Waals surface area contributed by atoms with Gasteiger partial charge < -0.3 is 19.9 Å². The summed E-state index contributed by atoms with van der Waals surface area (Å²) in [5, 5.41) is 3.87. The summed E-state index contributed by atoms with van der Waals surface area (Å²) in [6.45, 7) is 3.80. The van der Waals surface area contributed by atoms with Gasteiger partial charge in [0.1, 0.15) is 35.4 Å². The van der Waals surface area contributed by atoms with Crippen LogP contribution in [0.1, 0.15) is 38.5 Å². The first kappa shape index (κ1) is 25.3. The predicted octanol–water partition coefficient (Wildman–Crippen LogP) is 5.28. The molecule has 4 aliphatic rings. The Kier molecular flexibility index (Phi) is 5.73. The van der Waals surface area contributed by atoms with Crippen LogP contribution in [0.5, 0.6) is 6.01 Å². The molecule has 0 saturated carbocycles. The van der Waals surface area contributed by atoms with Crippen molar-refractivity contribution in [2.75, 3.05) is 37.7 Å². The van der Waals surface area contributed by atoms with E-state index in [-0.39, 0.29) is 51.0 Å². The van der Waals surface area contributed by atoms with E-state index in [0.29, 0.717) is 25.5 Å². The van der Waals surface area contributed by atoms with Gasteiger partial charge in [-0.15, -0.1) is 0 Å². The maximum Gasteiger partial charge on any atom is 0.319 e. The molecule has 4 saturated heterocycles. The number of halogens is 4. The van der Waals surface area contributed by atoms with E-state index in [2.05, 4.69) is 25.1 Å². The largest absolute Gasteiger partial charge is 0.461 e. The summed E-state index contributed by atoms with van der Waals surface area (Å²) in [5.41, 5.74) is -0.547. The molecule has 4 fully saturated rings. The molecule has 8 rings (SSSR count). The molecule has 6 heterocycles. The number of benzene rings is 2. The van der Waals surface area contributed by atoms with Crippen LogP contribution in [0.25, 0.3) is 32.9 Å². The van der Waals surface area contributed by atoms with Crippen molar-refractivity contribution < 1.29 is 22.3 Å². The molecule has 4 aromatic rings. The van der Waals surface area contributed by atoms with Gasteiger partial charge in [-0.25, -0.2) is 17.6 Å². The highest BCUT2D eigenvalue weighted by Gasteiger charge is 2.45. The van der Waals surface area contributed by atoms with Crippen molar-refractivity contribution >= 4 is 27.6 Å². The molecule has 2 aromatic heterocycles. The lowest BCUT2D eigenvalue weighted by Crippen LogP contribution is -2.51. The van der Waals surface area contributed by atoms with E-state index in [9.17, 15) is 8.78 Å². The average Bonchev–Trinajstić information content (AvgIpc) is 3.71. The minimum Gasteiger partial charge on any atom is -0.461 e. The Morgan fingerprint density at radius 2 is 1.68 bits per heavy atom. The van der Waals surface area contributed by atoms with E-state index >= 15 is 8.78 Å². The molecule has 0 amide bonds. The van der Waals surface area contributed by atoms with Gasteiger partial charge in [0.05, 0.1) is 16.6 Å². The van der Waals surface area contributed by atoms with E-state index in [1.807, 2.05) is 0 Å². The van der Waals surface area contributed by atoms with Crippen LogP contribution in [0, 0.1) is 23.3 Å². The molecular formula is C30H30F4N6O. The zero-order valence-electron chi connectivity index (χ0n) is 22.5. The van der Waals surface area contributed by atoms with Crippen LogP contribution in [0.2, 0.25) is 0 Å². The molecule has 4 aliphatic heterocycles. The third kappa shape index (κ3) is 3.99. The number of nitrogens with one attached hydrogen (secondary N) is 2. The van der Waals surface area contributed by atoms with E-state index in [1.54, 1.807) is 0 Å². The molecule has 2 bridgehead atoms. The summed E-state index contributed by atoms with van der Waals surface area (Å²) in [5.74, 6) is -3.01. The number of rotatable bonds is 5. The van der Waals surface area contributed by atoms with E-state index in [4.69, 9.17) is 9.72 Å². The van der Waals surface area contributed by atoms with Gasteiger partial charge in [-0.2, -0.15) is 9.97 Å². The van der Waals surface area contributed by atoms with Gasteiger partial charge in [0, 0.05) is 53.8 Å². The Hall–Kier alpha value is -3.44. The lowest BCUT2D eigenvalue weighted by Gasteiger charge is -2.34. The van der Waals surface area contributed by atoms with Crippen LogP contribution in [-0.2, 0) is 0 Å². The second kappa shape index (κ2) is 9.29. The molecule has 0 radical (unpaired) electrons. The Labute approximate surface area is 233 Å². The number of ether oxygens (including phenoxy) is 1. The van der Waals surface area contributed by atoms with E-state index in [0.717, 1.165) is 63.7 Å². The highest BCUT2D eigenvalue weighted by Crippen LogP contribution is 2.41. The Bertz CT molecular complexity index is 1670. The van der Waals surface area contributed by atoms with Gasteiger partial charge in [-0.3, -0.25) is 4.90 Å². The summed E-state index contributed by atoms with van der Waals surface area (Å²) in [6.07, 6.45) is 7.65. The van der Waals surface area contributed by atoms with Gasteiger partial charge in [0.2, 0.25) is 0 Å². The Morgan fingerprint density at radius 3 is 2.44 bits per heavy atom. The number of aromatic amines is 1. The standard InChI is InChI=1S/C30H30F4N6O/c31-16-9-19-21(12-35-26(19)23(33)10-16)24-22(32)11-20-27(25(24)34)37-29(41-15-30-5-1-7-40(30)8-2-6-30)38-28(20)39-13-17-3-4-18(14-39)36-17/h9-12,17-18,35-36H,1-8,13-15H2/t17-,18+. The lowest BCUT2D eigenvalue weighted by atomic mass is 9.95. The Balaban J connectivity index is 1.27. The maximum atomic E-state index is 16.4. The molecule has 0 unspecified atom stereocenters. The summed E-state index contributed by atoms with van der Waals surface area (Å²) in [7, 11) is 0. The first-order chi connectivity index (χ1) is 19.9. The minimum atomic E-state index is -0.918. The second-order valence-electron chi connectivity index (χ2n) is 12.0. The molecular weight excluding hydrogens is 536 g/mol. The van der Waals surface area contributed by atoms with Crippen molar-refractivity contribution in [1.29, 1.82) is 0 Å². The van der Waals surface area contributed by atoms with Gasteiger partial charge in [0.15, 0.2) is 5.82 Å². The summed E-state index contributed by atoms with van der Waals surface area (Å²) in [6, 6.07) is 3.64. The van der Waals surface area contributed by atoms with Crippen LogP contribution >= 0.6 is 0 Å². The third-order valence-corrected chi connectivity index (χ3v) is 9.61. The smallest absolute Gasteiger partial charge is 0.319 e. The summed E-state index contributed by atoms with van der Waals surface area (Å²) in [4.78, 5) is 16.5. The number of piperazine rings is 1. The fourth-order valence-electron chi connectivity index (χ4n) is 7.70. The minimum absolute atomic E-state index is 0.0181. The fraction of sp³-hybridized carbons (Fsp3) is 0.467. The molecule has 2 N–H and O–H groups in total. The fourth-order valence-corrected chi connectivity index (χ4v) is 7.70. The number of hydrogen-bond donors (Lipinski definition) is 2. The van der Waals surface area contributed by atoms with Gasteiger partial charge in [0.25, 0.3) is 0 Å². The third-order valence-electron chi connectivity index (χ3n) is 9.61. The SMILES string of the molecule is Fc1cc(F)c2[nH]cc(-c3c(F)cc4c(N5C[C@H]6CC[C@@H](C5)N6)nc(OCC56CCCN5CCC6)nc4c3F)c2c1. The number of hydrogen-bond acceptors (Lipinski definition) is 6. The molecule has 214 valence electrons. The molecule has 11 heteroatoms. The van der Waals surface area contributed by atoms with Gasteiger partial charge in [-0.05, 0) is 63.7 Å². The zero-order chi connectivity index (χ0) is 27.9. The molecule has 41 heavy (non-hydrogen) atoms. The van der Waals surface area contributed by atoms with Crippen molar-refractivity contribution in [3.05, 3.63) is 47.7 Å². The maximum absolute atomic E-state index is 16.4. The number of H-pyrrole nitrogens is 1. The number of nitrogens with zero attached hydrogens (tertiary/aromatic N) is 4. The van der Waals surface area contributed by atoms with Crippen LogP contribution < -0.4 is 15.0 Å². The average molecular weight is 567 g/mol. The van der Waals surface area contributed by atoms with Crippen molar-refractivity contribution in [3.63, 3.8) is 0 Å². The summed E-state index contributed by atoms with van der Waals surface area (Å²) < 4.78 is 67.0. The van der Waals surface area contributed by atoms with Gasteiger partial charge >= 0.3 is 6.01 Å². The first-order valence-corrected chi connectivity index (χ1v) is 14.4.